The van der Waals surface area contributed by atoms with Crippen molar-refractivity contribution in [2.24, 2.45) is 0 Å². The van der Waals surface area contributed by atoms with Gasteiger partial charge in [-0.1, -0.05) is 35.9 Å². The van der Waals surface area contributed by atoms with Crippen LogP contribution >= 0.6 is 0 Å². The number of nitrogens with one attached hydrogen (secondary N) is 1. The maximum atomic E-state index is 5.84. The predicted molar refractivity (Wildman–Crippen MR) is 89.2 cm³/mol. The Labute approximate surface area is 128 Å². The molecular formula is C19H25NO. The molecule has 2 aromatic rings. The summed E-state index contributed by atoms with van der Waals surface area (Å²) in [6.07, 6.45) is 0. The van der Waals surface area contributed by atoms with E-state index in [1.165, 1.54) is 27.8 Å². The summed E-state index contributed by atoms with van der Waals surface area (Å²) in [6.45, 7) is 9.17. The first-order valence-electron chi connectivity index (χ1n) is 7.55. The quantitative estimate of drug-likeness (QED) is 0.882. The van der Waals surface area contributed by atoms with Crippen molar-refractivity contribution in [2.75, 3.05) is 13.7 Å². The van der Waals surface area contributed by atoms with Gasteiger partial charge in [-0.2, -0.15) is 0 Å². The van der Waals surface area contributed by atoms with E-state index in [9.17, 15) is 0 Å². The summed E-state index contributed by atoms with van der Waals surface area (Å²) in [7, 11) is 2.01. The first kappa shape index (κ1) is 15.6. The van der Waals surface area contributed by atoms with Crippen LogP contribution in [0.4, 0.5) is 0 Å². The second kappa shape index (κ2) is 6.77. The Morgan fingerprint density at radius 1 is 1.05 bits per heavy atom. The normalized spacial score (nSPS) is 12.2. The van der Waals surface area contributed by atoms with Gasteiger partial charge in [0, 0.05) is 5.56 Å². The van der Waals surface area contributed by atoms with Crippen LogP contribution in [0.15, 0.2) is 36.4 Å². The van der Waals surface area contributed by atoms with E-state index in [2.05, 4.69) is 62.5 Å². The van der Waals surface area contributed by atoms with Crippen LogP contribution < -0.4 is 10.1 Å². The van der Waals surface area contributed by atoms with Crippen molar-refractivity contribution in [1.82, 2.24) is 5.32 Å². The molecule has 21 heavy (non-hydrogen) atoms. The van der Waals surface area contributed by atoms with Gasteiger partial charge in [-0.05, 0) is 57.5 Å². The molecule has 2 rings (SSSR count). The molecule has 0 aliphatic heterocycles. The van der Waals surface area contributed by atoms with Crippen LogP contribution in [0.1, 0.15) is 40.8 Å². The molecule has 0 bridgehead atoms. The highest BCUT2D eigenvalue weighted by Crippen LogP contribution is 2.34. The molecule has 0 spiro atoms. The van der Waals surface area contributed by atoms with Gasteiger partial charge in [-0.3, -0.25) is 0 Å². The summed E-state index contributed by atoms with van der Waals surface area (Å²) < 4.78 is 5.84. The SMILES string of the molecule is CCOc1ccc(C)cc1C(NC)c1c(C)cccc1C. The molecule has 0 saturated heterocycles. The largest absolute Gasteiger partial charge is 0.494 e. The van der Waals surface area contributed by atoms with Crippen LogP contribution in [0, 0.1) is 20.8 Å². The lowest BCUT2D eigenvalue weighted by Gasteiger charge is -2.24. The van der Waals surface area contributed by atoms with Gasteiger partial charge < -0.3 is 10.1 Å². The Morgan fingerprint density at radius 2 is 1.71 bits per heavy atom. The average Bonchev–Trinajstić information content (AvgIpc) is 2.45. The van der Waals surface area contributed by atoms with Crippen molar-refractivity contribution in [3.63, 3.8) is 0 Å². The molecule has 0 heterocycles. The summed E-state index contributed by atoms with van der Waals surface area (Å²) in [5.74, 6) is 0.963. The summed E-state index contributed by atoms with van der Waals surface area (Å²) >= 11 is 0. The van der Waals surface area contributed by atoms with Gasteiger partial charge in [-0.15, -0.1) is 0 Å². The van der Waals surface area contributed by atoms with Crippen LogP contribution in [0.2, 0.25) is 0 Å². The van der Waals surface area contributed by atoms with Crippen molar-refractivity contribution >= 4 is 0 Å². The zero-order chi connectivity index (χ0) is 15.4. The molecule has 2 nitrogen and oxygen atoms in total. The molecule has 112 valence electrons. The second-order valence-corrected chi connectivity index (χ2v) is 5.50. The molecule has 2 aromatic carbocycles. The van der Waals surface area contributed by atoms with Crippen molar-refractivity contribution in [3.05, 3.63) is 64.2 Å². The van der Waals surface area contributed by atoms with Crippen molar-refractivity contribution in [3.8, 4) is 5.75 Å². The first-order chi connectivity index (χ1) is 10.1. The van der Waals surface area contributed by atoms with E-state index in [1.54, 1.807) is 0 Å². The summed E-state index contributed by atoms with van der Waals surface area (Å²) in [5.41, 5.74) is 6.40. The van der Waals surface area contributed by atoms with Crippen molar-refractivity contribution < 1.29 is 4.74 Å². The van der Waals surface area contributed by atoms with Crippen molar-refractivity contribution in [2.45, 2.75) is 33.7 Å². The van der Waals surface area contributed by atoms with E-state index in [0.29, 0.717) is 6.61 Å². The number of aryl methyl sites for hydroxylation is 3. The number of ether oxygens (including phenoxy) is 1. The minimum atomic E-state index is 0.146. The predicted octanol–water partition coefficient (Wildman–Crippen LogP) is 4.32. The standard InChI is InChI=1S/C19H25NO/c1-6-21-17-11-10-13(2)12-16(17)19(20-5)18-14(3)8-7-9-15(18)4/h7-12,19-20H,6H2,1-5H3. The molecule has 0 saturated carbocycles. The smallest absolute Gasteiger partial charge is 0.124 e. The fourth-order valence-corrected chi connectivity index (χ4v) is 2.92. The summed E-state index contributed by atoms with van der Waals surface area (Å²) in [6, 6.07) is 13.0. The maximum Gasteiger partial charge on any atom is 0.124 e. The van der Waals surface area contributed by atoms with Crippen LogP contribution in [0.25, 0.3) is 0 Å². The zero-order valence-corrected chi connectivity index (χ0v) is 13.7. The summed E-state index contributed by atoms with van der Waals surface area (Å²) in [4.78, 5) is 0. The monoisotopic (exact) mass is 283 g/mol. The van der Waals surface area contributed by atoms with E-state index in [0.717, 1.165) is 5.75 Å². The van der Waals surface area contributed by atoms with Crippen molar-refractivity contribution in [1.29, 1.82) is 0 Å². The van der Waals surface area contributed by atoms with E-state index >= 15 is 0 Å². The third-order valence-electron chi connectivity index (χ3n) is 3.90. The van der Waals surface area contributed by atoms with E-state index < -0.39 is 0 Å². The molecule has 1 unspecified atom stereocenters. The molecular weight excluding hydrogens is 258 g/mol. The average molecular weight is 283 g/mol. The Balaban J connectivity index is 2.58. The Morgan fingerprint density at radius 3 is 2.29 bits per heavy atom. The molecule has 2 heteroatoms. The topological polar surface area (TPSA) is 21.3 Å². The molecule has 0 fully saturated rings. The van der Waals surface area contributed by atoms with E-state index in [-0.39, 0.29) is 6.04 Å². The Kier molecular flexibility index (Phi) is 5.03. The second-order valence-electron chi connectivity index (χ2n) is 5.50. The van der Waals surface area contributed by atoms with Gasteiger partial charge in [0.1, 0.15) is 5.75 Å². The van der Waals surface area contributed by atoms with Gasteiger partial charge in [0.2, 0.25) is 0 Å². The molecule has 0 aromatic heterocycles. The Bertz CT molecular complexity index is 599. The number of hydrogen-bond donors (Lipinski definition) is 1. The van der Waals surface area contributed by atoms with Gasteiger partial charge in [-0.25, -0.2) is 0 Å². The minimum Gasteiger partial charge on any atom is -0.494 e. The fourth-order valence-electron chi connectivity index (χ4n) is 2.92. The van der Waals surface area contributed by atoms with Gasteiger partial charge >= 0.3 is 0 Å². The molecule has 0 amide bonds. The third kappa shape index (κ3) is 3.27. The lowest BCUT2D eigenvalue weighted by molar-refractivity contribution is 0.334. The molecule has 1 atom stereocenters. The van der Waals surface area contributed by atoms with Gasteiger partial charge in [0.05, 0.1) is 12.6 Å². The summed E-state index contributed by atoms with van der Waals surface area (Å²) in [5, 5.41) is 3.46. The zero-order valence-electron chi connectivity index (χ0n) is 13.7. The first-order valence-corrected chi connectivity index (χ1v) is 7.55. The highest BCUT2D eigenvalue weighted by Gasteiger charge is 2.20. The van der Waals surface area contributed by atoms with Crippen LogP contribution in [-0.2, 0) is 0 Å². The van der Waals surface area contributed by atoms with Crippen LogP contribution in [0.3, 0.4) is 0 Å². The number of rotatable bonds is 5. The highest BCUT2D eigenvalue weighted by atomic mass is 16.5. The molecule has 1 N–H and O–H groups in total. The number of benzene rings is 2. The Hall–Kier alpha value is -1.80. The highest BCUT2D eigenvalue weighted by molar-refractivity contribution is 5.48. The van der Waals surface area contributed by atoms with E-state index in [4.69, 9.17) is 4.74 Å². The van der Waals surface area contributed by atoms with Gasteiger partial charge in [0.25, 0.3) is 0 Å². The lowest BCUT2D eigenvalue weighted by Crippen LogP contribution is -2.21. The van der Waals surface area contributed by atoms with E-state index in [1.807, 2.05) is 14.0 Å². The third-order valence-corrected chi connectivity index (χ3v) is 3.90. The molecule has 0 aliphatic carbocycles. The van der Waals surface area contributed by atoms with Gasteiger partial charge in [0.15, 0.2) is 0 Å². The molecule has 0 aliphatic rings. The fraction of sp³-hybridized carbons (Fsp3) is 0.368. The van der Waals surface area contributed by atoms with Crippen LogP contribution in [0.5, 0.6) is 5.75 Å². The molecule has 0 radical (unpaired) electrons. The number of hydrogen-bond acceptors (Lipinski definition) is 2. The maximum absolute atomic E-state index is 5.84. The van der Waals surface area contributed by atoms with Crippen LogP contribution in [-0.4, -0.2) is 13.7 Å². The lowest BCUT2D eigenvalue weighted by atomic mass is 9.90. The minimum absolute atomic E-state index is 0.146.